The van der Waals surface area contributed by atoms with Crippen LogP contribution >= 0.6 is 0 Å². The summed E-state index contributed by atoms with van der Waals surface area (Å²) in [5, 5.41) is 11.2. The van der Waals surface area contributed by atoms with Crippen molar-refractivity contribution in [3.05, 3.63) is 71.4 Å². The molecule has 0 saturated carbocycles. The van der Waals surface area contributed by atoms with Crippen LogP contribution in [0.25, 0.3) is 10.9 Å². The number of aliphatic hydroxyl groups is 1. The van der Waals surface area contributed by atoms with Gasteiger partial charge in [0.15, 0.2) is 0 Å². The van der Waals surface area contributed by atoms with Gasteiger partial charge in [-0.25, -0.2) is 0 Å². The maximum atomic E-state index is 12.5. The average Bonchev–Trinajstić information content (AvgIpc) is 2.90. The number of halogens is 3. The van der Waals surface area contributed by atoms with Crippen molar-refractivity contribution in [2.45, 2.75) is 12.3 Å². The summed E-state index contributed by atoms with van der Waals surface area (Å²) in [6.45, 7) is 0. The number of hydrogen-bond donors (Lipinski definition) is 2. The Morgan fingerprint density at radius 1 is 0.952 bits per heavy atom. The van der Waals surface area contributed by atoms with Gasteiger partial charge in [0.05, 0.1) is 5.56 Å². The Labute approximate surface area is 118 Å². The molecule has 21 heavy (non-hydrogen) atoms. The van der Waals surface area contributed by atoms with Crippen LogP contribution in [0.4, 0.5) is 13.2 Å². The second-order valence-electron chi connectivity index (χ2n) is 4.81. The van der Waals surface area contributed by atoms with Gasteiger partial charge in [-0.2, -0.15) is 13.2 Å². The molecule has 0 saturated heterocycles. The smallest absolute Gasteiger partial charge is 0.384 e. The second-order valence-corrected chi connectivity index (χ2v) is 4.81. The van der Waals surface area contributed by atoms with E-state index in [0.29, 0.717) is 11.1 Å². The highest BCUT2D eigenvalue weighted by Gasteiger charge is 2.30. The van der Waals surface area contributed by atoms with Gasteiger partial charge in [-0.1, -0.05) is 30.3 Å². The van der Waals surface area contributed by atoms with Crippen LogP contribution in [0.1, 0.15) is 22.8 Å². The van der Waals surface area contributed by atoms with Crippen LogP contribution in [0.15, 0.2) is 54.7 Å². The summed E-state index contributed by atoms with van der Waals surface area (Å²) in [4.78, 5) is 3.03. The number of H-pyrrole nitrogens is 1. The summed E-state index contributed by atoms with van der Waals surface area (Å²) in [5.41, 5.74) is 1.22. The zero-order chi connectivity index (χ0) is 15.0. The first-order chi connectivity index (χ1) is 9.97. The molecule has 3 aromatic rings. The minimum Gasteiger partial charge on any atom is -0.384 e. The van der Waals surface area contributed by atoms with E-state index >= 15 is 0 Å². The summed E-state index contributed by atoms with van der Waals surface area (Å²) < 4.78 is 37.6. The Morgan fingerprint density at radius 3 is 2.29 bits per heavy atom. The predicted molar refractivity (Wildman–Crippen MR) is 73.8 cm³/mol. The van der Waals surface area contributed by atoms with Crippen LogP contribution in [-0.4, -0.2) is 10.1 Å². The van der Waals surface area contributed by atoms with Gasteiger partial charge in [0.1, 0.15) is 6.10 Å². The van der Waals surface area contributed by atoms with E-state index in [4.69, 9.17) is 0 Å². The number of aliphatic hydroxyl groups excluding tert-OH is 1. The van der Waals surface area contributed by atoms with Crippen molar-refractivity contribution in [2.24, 2.45) is 0 Å². The summed E-state index contributed by atoms with van der Waals surface area (Å²) >= 11 is 0. The Bertz CT molecular complexity index is 759. The molecular formula is C16H12F3NO. The van der Waals surface area contributed by atoms with Crippen LogP contribution < -0.4 is 0 Å². The quantitative estimate of drug-likeness (QED) is 0.727. The van der Waals surface area contributed by atoms with Crippen molar-refractivity contribution in [1.82, 2.24) is 4.98 Å². The summed E-state index contributed by atoms with van der Waals surface area (Å²) in [6.07, 6.45) is -3.67. The number of para-hydroxylation sites is 1. The molecule has 0 amide bonds. The standard InChI is InChI=1S/C16H12F3NO/c17-16(18,19)11-7-5-10(6-8-11)15(21)13-9-20-14-4-2-1-3-12(13)14/h1-9,15,20-21H/t15-/m0/s1. The first-order valence-corrected chi connectivity index (χ1v) is 6.38. The topological polar surface area (TPSA) is 36.0 Å². The van der Waals surface area contributed by atoms with Crippen molar-refractivity contribution < 1.29 is 18.3 Å². The van der Waals surface area contributed by atoms with Crippen LogP contribution in [0.3, 0.4) is 0 Å². The maximum Gasteiger partial charge on any atom is 0.416 e. The molecule has 0 fully saturated rings. The zero-order valence-electron chi connectivity index (χ0n) is 10.9. The number of fused-ring (bicyclic) bond motifs is 1. The van der Waals surface area contributed by atoms with Gasteiger partial charge < -0.3 is 10.1 Å². The van der Waals surface area contributed by atoms with Crippen LogP contribution in [0.2, 0.25) is 0 Å². The molecule has 1 atom stereocenters. The molecule has 0 aliphatic heterocycles. The van der Waals surface area contributed by atoms with E-state index in [9.17, 15) is 18.3 Å². The predicted octanol–water partition coefficient (Wildman–Crippen LogP) is 4.27. The highest BCUT2D eigenvalue weighted by Crippen LogP contribution is 2.32. The molecule has 2 aromatic carbocycles. The lowest BCUT2D eigenvalue weighted by Gasteiger charge is -2.12. The molecule has 0 aliphatic rings. The first-order valence-electron chi connectivity index (χ1n) is 6.38. The van der Waals surface area contributed by atoms with Crippen LogP contribution in [-0.2, 0) is 6.18 Å². The molecule has 3 rings (SSSR count). The number of benzene rings is 2. The second kappa shape index (κ2) is 4.93. The SMILES string of the molecule is O[C@@H](c1ccc(C(F)(F)F)cc1)c1c[nH]c2ccccc12. The molecule has 0 unspecified atom stereocenters. The molecule has 108 valence electrons. The number of aromatic amines is 1. The lowest BCUT2D eigenvalue weighted by molar-refractivity contribution is -0.137. The third-order valence-electron chi connectivity index (χ3n) is 3.47. The van der Waals surface area contributed by atoms with E-state index in [2.05, 4.69) is 4.98 Å². The Balaban J connectivity index is 1.97. The third-order valence-corrected chi connectivity index (χ3v) is 3.47. The van der Waals surface area contributed by atoms with Gasteiger partial charge in [-0.15, -0.1) is 0 Å². The van der Waals surface area contributed by atoms with E-state index in [1.165, 1.54) is 12.1 Å². The van der Waals surface area contributed by atoms with Crippen molar-refractivity contribution >= 4 is 10.9 Å². The fraction of sp³-hybridized carbons (Fsp3) is 0.125. The molecule has 0 spiro atoms. The molecule has 0 radical (unpaired) electrons. The third kappa shape index (κ3) is 2.52. The lowest BCUT2D eigenvalue weighted by Crippen LogP contribution is -2.05. The number of rotatable bonds is 2. The largest absolute Gasteiger partial charge is 0.416 e. The zero-order valence-corrected chi connectivity index (χ0v) is 10.9. The molecule has 2 N–H and O–H groups in total. The highest BCUT2D eigenvalue weighted by atomic mass is 19.4. The maximum absolute atomic E-state index is 12.5. The molecule has 0 bridgehead atoms. The van der Waals surface area contributed by atoms with E-state index < -0.39 is 17.8 Å². The van der Waals surface area contributed by atoms with Gasteiger partial charge in [0, 0.05) is 22.7 Å². The van der Waals surface area contributed by atoms with E-state index in [0.717, 1.165) is 23.0 Å². The fourth-order valence-corrected chi connectivity index (χ4v) is 2.35. The van der Waals surface area contributed by atoms with Gasteiger partial charge in [0.25, 0.3) is 0 Å². The number of nitrogens with one attached hydrogen (secondary N) is 1. The van der Waals surface area contributed by atoms with Crippen molar-refractivity contribution in [3.8, 4) is 0 Å². The van der Waals surface area contributed by atoms with Crippen molar-refractivity contribution in [1.29, 1.82) is 0 Å². The fourth-order valence-electron chi connectivity index (χ4n) is 2.35. The number of alkyl halides is 3. The normalized spacial score (nSPS) is 13.5. The Kier molecular flexibility index (Phi) is 3.22. The minimum absolute atomic E-state index is 0.424. The number of hydrogen-bond acceptors (Lipinski definition) is 1. The summed E-state index contributed by atoms with van der Waals surface area (Å²) in [5.74, 6) is 0. The van der Waals surface area contributed by atoms with Crippen molar-refractivity contribution in [3.63, 3.8) is 0 Å². The molecule has 1 aromatic heterocycles. The van der Waals surface area contributed by atoms with E-state index in [1.54, 1.807) is 6.20 Å². The van der Waals surface area contributed by atoms with Gasteiger partial charge in [-0.05, 0) is 23.8 Å². The monoisotopic (exact) mass is 291 g/mol. The summed E-state index contributed by atoms with van der Waals surface area (Å²) in [6, 6.07) is 12.0. The minimum atomic E-state index is -4.37. The number of aromatic nitrogens is 1. The van der Waals surface area contributed by atoms with Gasteiger partial charge in [0.2, 0.25) is 0 Å². The molecule has 0 aliphatic carbocycles. The first kappa shape index (κ1) is 13.7. The van der Waals surface area contributed by atoms with E-state index in [-0.39, 0.29) is 0 Å². The average molecular weight is 291 g/mol. The van der Waals surface area contributed by atoms with Gasteiger partial charge >= 0.3 is 6.18 Å². The highest BCUT2D eigenvalue weighted by molar-refractivity contribution is 5.83. The van der Waals surface area contributed by atoms with E-state index in [1.807, 2.05) is 24.3 Å². The van der Waals surface area contributed by atoms with Crippen LogP contribution in [0.5, 0.6) is 0 Å². The summed E-state index contributed by atoms with van der Waals surface area (Å²) in [7, 11) is 0. The van der Waals surface area contributed by atoms with Gasteiger partial charge in [-0.3, -0.25) is 0 Å². The molecular weight excluding hydrogens is 279 g/mol. The Morgan fingerprint density at radius 2 is 1.62 bits per heavy atom. The molecule has 2 nitrogen and oxygen atoms in total. The lowest BCUT2D eigenvalue weighted by atomic mass is 10.00. The molecule has 5 heteroatoms. The molecule has 1 heterocycles. The van der Waals surface area contributed by atoms with Crippen molar-refractivity contribution in [2.75, 3.05) is 0 Å². The van der Waals surface area contributed by atoms with Crippen LogP contribution in [0, 0.1) is 0 Å². The Hall–Kier alpha value is -2.27.